The minimum atomic E-state index is -0.613. The molecule has 0 fully saturated rings. The van der Waals surface area contributed by atoms with E-state index in [0.717, 1.165) is 51.0 Å². The highest BCUT2D eigenvalue weighted by Gasteiger charge is 2.18. The number of anilines is 4. The molecule has 3 N–H and O–H groups in total. The van der Waals surface area contributed by atoms with Gasteiger partial charge < -0.3 is 25.2 Å². The second-order valence-electron chi connectivity index (χ2n) is 11.8. The van der Waals surface area contributed by atoms with Crippen LogP contribution in [-0.2, 0) is 0 Å². The molecule has 0 atom stereocenters. The summed E-state index contributed by atoms with van der Waals surface area (Å²) in [5.74, 6) is 1.19. The van der Waals surface area contributed by atoms with Gasteiger partial charge in [0, 0.05) is 65.8 Å². The number of pyridine rings is 1. The summed E-state index contributed by atoms with van der Waals surface area (Å²) in [5, 5.41) is 11.2. The molecule has 9 nitrogen and oxygen atoms in total. The van der Waals surface area contributed by atoms with Crippen LogP contribution in [0.3, 0.4) is 0 Å². The van der Waals surface area contributed by atoms with Crippen molar-refractivity contribution in [1.29, 1.82) is 0 Å². The van der Waals surface area contributed by atoms with E-state index in [1.807, 2.05) is 93.5 Å². The van der Waals surface area contributed by atoms with E-state index >= 15 is 0 Å². The molecule has 1 aromatic heterocycles. The third-order valence-corrected chi connectivity index (χ3v) is 8.18. The van der Waals surface area contributed by atoms with Crippen LogP contribution in [0.25, 0.3) is 21.8 Å². The lowest BCUT2D eigenvalue weighted by atomic mass is 10.0. The number of benzene rings is 4. The predicted octanol–water partition coefficient (Wildman–Crippen LogP) is 7.93. The Hall–Kier alpha value is -4.57. The number of ether oxygens (including phenoxy) is 1. The van der Waals surface area contributed by atoms with Crippen molar-refractivity contribution in [2.75, 3.05) is 67.6 Å². The molecule has 0 saturated heterocycles. The summed E-state index contributed by atoms with van der Waals surface area (Å²) in [6, 6.07) is 24.6. The van der Waals surface area contributed by atoms with Crippen LogP contribution < -0.4 is 25.6 Å². The van der Waals surface area contributed by atoms with Gasteiger partial charge in [0.05, 0.1) is 22.3 Å². The van der Waals surface area contributed by atoms with Crippen LogP contribution in [0.15, 0.2) is 78.9 Å². The summed E-state index contributed by atoms with van der Waals surface area (Å²) in [6.07, 6.45) is -0.613. The normalized spacial score (nSPS) is 11.1. The van der Waals surface area contributed by atoms with Gasteiger partial charge in [-0.2, -0.15) is 0 Å². The number of carbonyl (C=O) groups is 2. The van der Waals surface area contributed by atoms with Gasteiger partial charge in [-0.15, -0.1) is 23.2 Å². The lowest BCUT2D eigenvalue weighted by Crippen LogP contribution is -2.31. The number of aryl methyl sites for hydroxylation is 2. The van der Waals surface area contributed by atoms with Gasteiger partial charge in [-0.05, 0) is 87.6 Å². The van der Waals surface area contributed by atoms with Gasteiger partial charge in [0.2, 0.25) is 0 Å². The van der Waals surface area contributed by atoms with Crippen molar-refractivity contribution in [3.05, 3.63) is 95.6 Å². The molecule has 0 radical (unpaired) electrons. The van der Waals surface area contributed by atoms with Gasteiger partial charge in [0.15, 0.2) is 0 Å². The average molecular weight is 688 g/mol. The molecule has 5 rings (SSSR count). The quantitative estimate of drug-likeness (QED) is 0.0854. The number of aromatic nitrogens is 1. The number of hydrogen-bond acceptors (Lipinski definition) is 7. The van der Waals surface area contributed by atoms with E-state index in [1.165, 1.54) is 0 Å². The summed E-state index contributed by atoms with van der Waals surface area (Å²) in [4.78, 5) is 35.3. The zero-order valence-electron chi connectivity index (χ0n) is 27.6. The van der Waals surface area contributed by atoms with E-state index in [1.54, 1.807) is 18.2 Å². The first-order valence-corrected chi connectivity index (χ1v) is 16.8. The van der Waals surface area contributed by atoms with Crippen molar-refractivity contribution in [2.45, 2.75) is 13.8 Å². The Bertz CT molecular complexity index is 1910. The largest absolute Gasteiger partial charge is 0.417 e. The van der Waals surface area contributed by atoms with Gasteiger partial charge in [-0.3, -0.25) is 10.1 Å². The number of rotatable bonds is 13. The first-order chi connectivity index (χ1) is 23.2. The van der Waals surface area contributed by atoms with Gasteiger partial charge in [0.1, 0.15) is 5.75 Å². The van der Waals surface area contributed by atoms with Crippen molar-refractivity contribution >= 4 is 79.8 Å². The lowest BCUT2D eigenvalue weighted by Gasteiger charge is -2.22. The molecule has 0 saturated carbocycles. The van der Waals surface area contributed by atoms with E-state index in [4.69, 9.17) is 32.9 Å². The van der Waals surface area contributed by atoms with Crippen LogP contribution >= 0.6 is 23.2 Å². The molecular formula is C37H40Cl2N6O3. The number of nitrogens with one attached hydrogen (secondary N) is 3. The minimum absolute atomic E-state index is 0.174. The van der Waals surface area contributed by atoms with E-state index in [0.29, 0.717) is 53.9 Å². The van der Waals surface area contributed by atoms with Gasteiger partial charge in [0.25, 0.3) is 5.91 Å². The fourth-order valence-corrected chi connectivity index (χ4v) is 5.97. The lowest BCUT2D eigenvalue weighted by molar-refractivity contribution is 0.0952. The highest BCUT2D eigenvalue weighted by molar-refractivity contribution is 6.18. The van der Waals surface area contributed by atoms with Crippen molar-refractivity contribution < 1.29 is 14.3 Å². The highest BCUT2D eigenvalue weighted by atomic mass is 35.5. The monoisotopic (exact) mass is 686 g/mol. The number of fused-ring (bicyclic) bond motifs is 2. The summed E-state index contributed by atoms with van der Waals surface area (Å²) in [6.45, 7) is 6.54. The Morgan fingerprint density at radius 2 is 1.48 bits per heavy atom. The maximum atomic E-state index is 13.3. The summed E-state index contributed by atoms with van der Waals surface area (Å²) >= 11 is 11.9. The Balaban J connectivity index is 1.41. The number of amides is 2. The van der Waals surface area contributed by atoms with Gasteiger partial charge >= 0.3 is 6.09 Å². The molecule has 0 aliphatic rings. The number of likely N-dealkylation sites (N-methyl/N-ethyl adjacent to an activating group) is 1. The third-order valence-electron chi connectivity index (χ3n) is 7.84. The number of nitrogens with zero attached hydrogens (tertiary/aromatic N) is 3. The van der Waals surface area contributed by atoms with Crippen molar-refractivity contribution in [3.8, 4) is 5.75 Å². The molecular weight excluding hydrogens is 647 g/mol. The second-order valence-corrected chi connectivity index (χ2v) is 12.6. The standard InChI is InChI=1S/C37H40Cl2N6O3/c1-24-21-26(23-27(22-24)42-37(47)48-29-13-11-28(12-14-29)45(18-15-38)19-16-39)41-34-30-8-5-7-25(2)33(30)43-35-31(34)9-6-10-32(35)36(46)40-17-20-44(3)4/h5-14,21-23H,15-20H2,1-4H3,(H,40,46)(H,41,43)(H,42,47). The van der Waals surface area contributed by atoms with E-state index < -0.39 is 6.09 Å². The molecule has 5 aromatic rings. The maximum Gasteiger partial charge on any atom is 0.417 e. The molecule has 250 valence electrons. The predicted molar refractivity (Wildman–Crippen MR) is 199 cm³/mol. The van der Waals surface area contributed by atoms with Crippen LogP contribution in [0.4, 0.5) is 27.5 Å². The molecule has 1 heterocycles. The maximum absolute atomic E-state index is 13.3. The fraction of sp³-hybridized carbons (Fsp3) is 0.270. The Kier molecular flexibility index (Phi) is 11.6. The zero-order valence-corrected chi connectivity index (χ0v) is 29.1. The molecule has 4 aromatic carbocycles. The van der Waals surface area contributed by atoms with Crippen LogP contribution in [0, 0.1) is 13.8 Å². The van der Waals surface area contributed by atoms with Crippen LogP contribution in [0.1, 0.15) is 21.5 Å². The van der Waals surface area contributed by atoms with Crippen LogP contribution in [0.2, 0.25) is 0 Å². The average Bonchev–Trinajstić information content (AvgIpc) is 3.04. The van der Waals surface area contributed by atoms with E-state index in [9.17, 15) is 9.59 Å². The Morgan fingerprint density at radius 3 is 2.17 bits per heavy atom. The zero-order chi connectivity index (χ0) is 34.2. The van der Waals surface area contributed by atoms with Crippen molar-refractivity contribution in [1.82, 2.24) is 15.2 Å². The summed E-state index contributed by atoms with van der Waals surface area (Å²) in [5.41, 5.74) is 6.92. The van der Waals surface area contributed by atoms with Crippen molar-refractivity contribution in [2.24, 2.45) is 0 Å². The Morgan fingerprint density at radius 1 is 0.812 bits per heavy atom. The molecule has 2 amide bonds. The van der Waals surface area contributed by atoms with E-state index in [-0.39, 0.29) is 5.91 Å². The number of hydrogen-bond donors (Lipinski definition) is 3. The second kappa shape index (κ2) is 16.0. The highest BCUT2D eigenvalue weighted by Crippen LogP contribution is 2.36. The SMILES string of the molecule is Cc1cc(NC(=O)Oc2ccc(N(CCCl)CCCl)cc2)cc(Nc2c3cccc(C)c3nc3c(C(=O)NCCN(C)C)cccc23)c1. The molecule has 48 heavy (non-hydrogen) atoms. The topological polar surface area (TPSA) is 98.8 Å². The molecule has 0 aliphatic carbocycles. The number of alkyl halides is 2. The van der Waals surface area contributed by atoms with Gasteiger partial charge in [-0.1, -0.05) is 30.3 Å². The molecule has 0 unspecified atom stereocenters. The van der Waals surface area contributed by atoms with Crippen LogP contribution in [-0.4, -0.2) is 73.9 Å². The van der Waals surface area contributed by atoms with Crippen molar-refractivity contribution in [3.63, 3.8) is 0 Å². The third kappa shape index (κ3) is 8.47. The molecule has 11 heteroatoms. The van der Waals surface area contributed by atoms with Crippen LogP contribution in [0.5, 0.6) is 5.75 Å². The molecule has 0 bridgehead atoms. The first kappa shape index (κ1) is 34.8. The number of para-hydroxylation sites is 2. The fourth-order valence-electron chi connectivity index (χ4n) is 5.56. The van der Waals surface area contributed by atoms with Gasteiger partial charge in [-0.25, -0.2) is 9.78 Å². The Labute approximate surface area is 291 Å². The molecule has 0 aliphatic heterocycles. The molecule has 0 spiro atoms. The minimum Gasteiger partial charge on any atom is -0.410 e. The summed E-state index contributed by atoms with van der Waals surface area (Å²) in [7, 11) is 3.93. The van der Waals surface area contributed by atoms with E-state index in [2.05, 4.69) is 20.9 Å². The summed E-state index contributed by atoms with van der Waals surface area (Å²) < 4.78 is 5.59. The number of halogens is 2. The smallest absolute Gasteiger partial charge is 0.410 e. The first-order valence-electron chi connectivity index (χ1n) is 15.8. The number of carbonyl (C=O) groups excluding carboxylic acids is 2.